The van der Waals surface area contributed by atoms with Crippen molar-refractivity contribution in [1.82, 2.24) is 0 Å². The number of rotatable bonds is 2. The predicted molar refractivity (Wildman–Crippen MR) is 90.5 cm³/mol. The van der Waals surface area contributed by atoms with Crippen LogP contribution >= 0.6 is 10.5 Å². The van der Waals surface area contributed by atoms with Crippen molar-refractivity contribution in [3.8, 4) is 4.90 Å². The molecule has 0 amide bonds. The zero-order valence-corrected chi connectivity index (χ0v) is 12.4. The van der Waals surface area contributed by atoms with Crippen LogP contribution in [0.1, 0.15) is 27.2 Å². The molecule has 3 aromatic rings. The molecule has 0 saturated heterocycles. The first kappa shape index (κ1) is 12.5. The van der Waals surface area contributed by atoms with Gasteiger partial charge in [0, 0.05) is 33.4 Å². The summed E-state index contributed by atoms with van der Waals surface area (Å²) >= 11 is 0. The molecule has 1 atom stereocenters. The Balaban J connectivity index is 2.03. The highest BCUT2D eigenvalue weighted by Gasteiger charge is 2.28. The molecule has 0 aliphatic heterocycles. The van der Waals surface area contributed by atoms with E-state index < -0.39 is 0 Å². The summed E-state index contributed by atoms with van der Waals surface area (Å²) in [6.07, 6.45) is 7.73. The van der Waals surface area contributed by atoms with Crippen LogP contribution in [0, 0.1) is 0 Å². The van der Waals surface area contributed by atoms with Gasteiger partial charge in [0.1, 0.15) is 6.29 Å². The maximum absolute atomic E-state index is 10.8. The third-order valence-corrected chi connectivity index (χ3v) is 6.47. The molecule has 102 valence electrons. The Morgan fingerprint density at radius 3 is 2.62 bits per heavy atom. The summed E-state index contributed by atoms with van der Waals surface area (Å²) in [5.41, 5.74) is 2.16. The molecule has 0 radical (unpaired) electrons. The molecule has 0 fully saturated rings. The molecule has 0 bridgehead atoms. The number of hydrogen-bond acceptors (Lipinski definition) is 1. The summed E-state index contributed by atoms with van der Waals surface area (Å²) < 4.78 is 1.42. The Bertz CT molecular complexity index is 853. The zero-order valence-electron chi connectivity index (χ0n) is 11.6. The number of thiophene rings is 1. The molecule has 1 nitrogen and oxygen atoms in total. The molecule has 21 heavy (non-hydrogen) atoms. The first-order chi connectivity index (χ1) is 10.4. The normalized spacial score (nSPS) is 14.2. The van der Waals surface area contributed by atoms with E-state index in [1.807, 2.05) is 12.1 Å². The van der Waals surface area contributed by atoms with E-state index in [0.717, 1.165) is 24.7 Å². The molecule has 1 aliphatic carbocycles. The molecule has 0 saturated carbocycles. The lowest BCUT2D eigenvalue weighted by molar-refractivity contribution is 0.112. The van der Waals surface area contributed by atoms with E-state index in [1.165, 1.54) is 20.5 Å². The lowest BCUT2D eigenvalue weighted by Crippen LogP contribution is -1.89. The van der Waals surface area contributed by atoms with Gasteiger partial charge in [-0.25, -0.2) is 0 Å². The summed E-state index contributed by atoms with van der Waals surface area (Å²) in [4.78, 5) is 13.7. The Kier molecular flexibility index (Phi) is 2.97. The Morgan fingerprint density at radius 1 is 1.00 bits per heavy atom. The van der Waals surface area contributed by atoms with Crippen LogP contribution in [0.15, 0.2) is 54.6 Å². The molecular formula is C19H15OS+. The third kappa shape index (κ3) is 1.95. The van der Waals surface area contributed by atoms with Crippen molar-refractivity contribution in [2.45, 2.75) is 12.8 Å². The second kappa shape index (κ2) is 4.97. The molecule has 0 N–H and O–H groups in total. The van der Waals surface area contributed by atoms with Gasteiger partial charge in [0.25, 0.3) is 0 Å². The highest BCUT2D eigenvalue weighted by Crippen LogP contribution is 2.48. The summed E-state index contributed by atoms with van der Waals surface area (Å²) in [5, 5.41) is 1.38. The van der Waals surface area contributed by atoms with E-state index in [-0.39, 0.29) is 10.5 Å². The van der Waals surface area contributed by atoms with Gasteiger partial charge < -0.3 is 0 Å². The number of fused-ring (bicyclic) bond motifs is 3. The lowest BCUT2D eigenvalue weighted by atomic mass is 10.0. The van der Waals surface area contributed by atoms with Crippen molar-refractivity contribution in [3.05, 3.63) is 70.6 Å². The predicted octanol–water partition coefficient (Wildman–Crippen LogP) is 5.35. The molecule has 0 spiro atoms. The van der Waals surface area contributed by atoms with Crippen LogP contribution in [0.5, 0.6) is 0 Å². The summed E-state index contributed by atoms with van der Waals surface area (Å²) in [6.45, 7) is 0. The second-order valence-electron chi connectivity index (χ2n) is 5.27. The fourth-order valence-electron chi connectivity index (χ4n) is 3.05. The quantitative estimate of drug-likeness (QED) is 0.459. The smallest absolute Gasteiger partial charge is 0.187 e. The maximum atomic E-state index is 10.8. The van der Waals surface area contributed by atoms with Gasteiger partial charge in [0.05, 0.1) is 0 Å². The fraction of sp³-hybridized carbons (Fsp3) is 0.105. The van der Waals surface area contributed by atoms with Crippen LogP contribution in [0.4, 0.5) is 0 Å². The van der Waals surface area contributed by atoms with Gasteiger partial charge in [0.2, 0.25) is 0 Å². The Hall–Kier alpha value is -2.19. The van der Waals surface area contributed by atoms with E-state index in [1.54, 1.807) is 4.88 Å². The molecule has 1 aromatic heterocycles. The summed E-state index contributed by atoms with van der Waals surface area (Å²) in [7, 11) is 0.0201. The maximum Gasteiger partial charge on any atom is 0.187 e. The number of aldehydes is 1. The third-order valence-electron chi connectivity index (χ3n) is 4.02. The van der Waals surface area contributed by atoms with Crippen LogP contribution in [0.2, 0.25) is 0 Å². The van der Waals surface area contributed by atoms with Crippen LogP contribution in [0.3, 0.4) is 0 Å². The second-order valence-corrected chi connectivity index (χ2v) is 7.28. The average molecular weight is 291 g/mol. The van der Waals surface area contributed by atoms with Gasteiger partial charge in [0.15, 0.2) is 14.5 Å². The van der Waals surface area contributed by atoms with E-state index in [9.17, 15) is 4.79 Å². The first-order valence-electron chi connectivity index (χ1n) is 7.17. The van der Waals surface area contributed by atoms with E-state index in [0.29, 0.717) is 0 Å². The number of benzene rings is 2. The zero-order chi connectivity index (χ0) is 14.2. The fourth-order valence-corrected chi connectivity index (χ4v) is 5.59. The first-order valence-corrected chi connectivity index (χ1v) is 8.39. The molecule has 1 heterocycles. The van der Waals surface area contributed by atoms with Gasteiger partial charge in [-0.2, -0.15) is 0 Å². The van der Waals surface area contributed by atoms with Gasteiger partial charge in [-0.1, -0.05) is 24.3 Å². The molecular weight excluding hydrogens is 276 g/mol. The average Bonchev–Trinajstić information content (AvgIpc) is 2.90. The molecule has 2 aromatic carbocycles. The van der Waals surface area contributed by atoms with E-state index in [4.69, 9.17) is 0 Å². The highest BCUT2D eigenvalue weighted by atomic mass is 32.2. The van der Waals surface area contributed by atoms with Crippen LogP contribution in [-0.4, -0.2) is 6.29 Å². The van der Waals surface area contributed by atoms with Crippen molar-refractivity contribution in [3.63, 3.8) is 0 Å². The molecule has 1 aliphatic rings. The van der Waals surface area contributed by atoms with Gasteiger partial charge in [-0.05, 0) is 42.8 Å². The standard InChI is InChI=1S/C19H15OS/c20-13-14-9-11-15(12-10-14)21-18-7-3-1-5-16(18)17-6-2-4-8-19(17)21/h1-3,5-7,9-13H,4,8H2/q+1. The number of carbonyl (C=O) groups is 1. The van der Waals surface area contributed by atoms with Gasteiger partial charge in [-0.15, -0.1) is 0 Å². The van der Waals surface area contributed by atoms with Crippen LogP contribution in [0.25, 0.3) is 21.1 Å². The van der Waals surface area contributed by atoms with Crippen molar-refractivity contribution in [1.29, 1.82) is 0 Å². The van der Waals surface area contributed by atoms with E-state index >= 15 is 0 Å². The summed E-state index contributed by atoms with van der Waals surface area (Å²) in [5.74, 6) is 0. The topological polar surface area (TPSA) is 17.1 Å². The number of hydrogen-bond donors (Lipinski definition) is 0. The van der Waals surface area contributed by atoms with Crippen molar-refractivity contribution >= 4 is 32.9 Å². The van der Waals surface area contributed by atoms with Gasteiger partial charge >= 0.3 is 0 Å². The lowest BCUT2D eigenvalue weighted by Gasteiger charge is -2.02. The van der Waals surface area contributed by atoms with Crippen LogP contribution < -0.4 is 0 Å². The van der Waals surface area contributed by atoms with Gasteiger partial charge in [-0.3, -0.25) is 4.79 Å². The number of allylic oxidation sites excluding steroid dienone is 1. The Morgan fingerprint density at radius 2 is 1.81 bits per heavy atom. The van der Waals surface area contributed by atoms with Crippen molar-refractivity contribution in [2.75, 3.05) is 0 Å². The Labute approximate surface area is 126 Å². The minimum atomic E-state index is 0.0201. The molecule has 4 rings (SSSR count). The minimum Gasteiger partial charge on any atom is -0.298 e. The molecule has 1 unspecified atom stereocenters. The monoisotopic (exact) mass is 291 g/mol. The largest absolute Gasteiger partial charge is 0.298 e. The highest BCUT2D eigenvalue weighted by molar-refractivity contribution is 7.45. The minimum absolute atomic E-state index is 0.0201. The van der Waals surface area contributed by atoms with Crippen molar-refractivity contribution in [2.24, 2.45) is 0 Å². The summed E-state index contributed by atoms with van der Waals surface area (Å²) in [6, 6.07) is 16.8. The molecule has 2 heteroatoms. The van der Waals surface area contributed by atoms with Crippen LogP contribution in [-0.2, 0) is 6.42 Å². The van der Waals surface area contributed by atoms with E-state index in [2.05, 4.69) is 48.6 Å². The SMILES string of the molecule is O=Cc1ccc(-[s+]2c3c(c4ccccc42)C=CCC3)cc1. The number of carbonyl (C=O) groups excluding carboxylic acids is 1. The van der Waals surface area contributed by atoms with Crippen molar-refractivity contribution < 1.29 is 4.79 Å².